The Morgan fingerprint density at radius 1 is 1.23 bits per heavy atom. The van der Waals surface area contributed by atoms with Gasteiger partial charge in [-0.2, -0.15) is 0 Å². The molecule has 1 heterocycles. The van der Waals surface area contributed by atoms with Gasteiger partial charge < -0.3 is 10.6 Å². The molecule has 1 aliphatic rings. The lowest BCUT2D eigenvalue weighted by Gasteiger charge is -2.28. The maximum absolute atomic E-state index is 13.1. The second-order valence-electron chi connectivity index (χ2n) is 5.34. The average molecular weight is 296 g/mol. The number of carbonyl (C=O) groups excluding carboxylic acids is 1. The number of aryl methyl sites for hydroxylation is 1. The minimum absolute atomic E-state index is 0.0740. The van der Waals surface area contributed by atoms with E-state index in [4.69, 9.17) is 5.73 Å². The number of rotatable bonds is 2. The van der Waals surface area contributed by atoms with Crippen LogP contribution in [0.25, 0.3) is 6.08 Å². The van der Waals surface area contributed by atoms with Gasteiger partial charge in [0.1, 0.15) is 5.82 Å². The van der Waals surface area contributed by atoms with Crippen molar-refractivity contribution in [1.29, 1.82) is 0 Å². The molecule has 4 heteroatoms. The fourth-order valence-corrected chi connectivity index (χ4v) is 2.69. The third-order valence-electron chi connectivity index (χ3n) is 3.81. The van der Waals surface area contributed by atoms with Gasteiger partial charge in [-0.05, 0) is 48.2 Å². The summed E-state index contributed by atoms with van der Waals surface area (Å²) in [4.78, 5) is 14.2. The largest absolute Gasteiger partial charge is 0.396 e. The summed E-state index contributed by atoms with van der Waals surface area (Å²) in [5.41, 5.74) is 8.49. The molecule has 2 aromatic rings. The van der Waals surface area contributed by atoms with E-state index in [0.717, 1.165) is 18.5 Å². The highest BCUT2D eigenvalue weighted by Gasteiger charge is 2.20. The first-order valence-corrected chi connectivity index (χ1v) is 7.27. The highest BCUT2D eigenvalue weighted by molar-refractivity contribution is 6.04. The topological polar surface area (TPSA) is 46.3 Å². The first kappa shape index (κ1) is 14.3. The van der Waals surface area contributed by atoms with Crippen molar-refractivity contribution in [1.82, 2.24) is 0 Å². The zero-order chi connectivity index (χ0) is 15.5. The number of nitrogens with two attached hydrogens (primary N) is 1. The van der Waals surface area contributed by atoms with Gasteiger partial charge in [0, 0.05) is 18.3 Å². The van der Waals surface area contributed by atoms with Crippen LogP contribution < -0.4 is 10.6 Å². The molecular formula is C18H17FN2O. The van der Waals surface area contributed by atoms with Crippen molar-refractivity contribution in [3.63, 3.8) is 0 Å². The van der Waals surface area contributed by atoms with E-state index in [2.05, 4.69) is 6.07 Å². The molecule has 112 valence electrons. The number of carbonyl (C=O) groups is 1. The monoisotopic (exact) mass is 296 g/mol. The molecule has 0 unspecified atom stereocenters. The van der Waals surface area contributed by atoms with Crippen LogP contribution in [0.4, 0.5) is 15.8 Å². The Labute approximate surface area is 128 Å². The summed E-state index contributed by atoms with van der Waals surface area (Å²) in [6.07, 6.45) is 5.13. The molecule has 0 aromatic heterocycles. The van der Waals surface area contributed by atoms with Crippen LogP contribution in [-0.2, 0) is 11.2 Å². The number of fused-ring (bicyclic) bond motifs is 1. The second kappa shape index (κ2) is 6.02. The quantitative estimate of drug-likeness (QED) is 0.682. The molecule has 2 N–H and O–H groups in total. The summed E-state index contributed by atoms with van der Waals surface area (Å²) in [6.45, 7) is 0.714. The number of nitrogens with zero attached hydrogens (tertiary/aromatic N) is 1. The fraction of sp³-hybridized carbons (Fsp3) is 0.167. The Bertz CT molecular complexity index is 740. The Hall–Kier alpha value is -2.62. The van der Waals surface area contributed by atoms with Crippen molar-refractivity contribution in [2.45, 2.75) is 12.8 Å². The summed E-state index contributed by atoms with van der Waals surface area (Å²) < 4.78 is 13.1. The van der Waals surface area contributed by atoms with Crippen LogP contribution in [0.5, 0.6) is 0 Å². The molecule has 2 aromatic carbocycles. The van der Waals surface area contributed by atoms with Crippen LogP contribution in [0, 0.1) is 5.82 Å². The summed E-state index contributed by atoms with van der Waals surface area (Å²) in [5.74, 6) is -0.525. The van der Waals surface area contributed by atoms with Gasteiger partial charge in [-0.15, -0.1) is 0 Å². The Kier molecular flexibility index (Phi) is 3.92. The van der Waals surface area contributed by atoms with Crippen molar-refractivity contribution in [2.75, 3.05) is 17.2 Å². The van der Waals surface area contributed by atoms with Crippen molar-refractivity contribution < 1.29 is 9.18 Å². The molecule has 1 amide bonds. The zero-order valence-corrected chi connectivity index (χ0v) is 12.1. The van der Waals surface area contributed by atoms with Crippen molar-refractivity contribution in [2.24, 2.45) is 0 Å². The molecular weight excluding hydrogens is 279 g/mol. The van der Waals surface area contributed by atoms with E-state index in [0.29, 0.717) is 12.1 Å². The van der Waals surface area contributed by atoms with Gasteiger partial charge in [0.15, 0.2) is 0 Å². The standard InChI is InChI=1S/C18H17FN2O/c19-15-9-7-13(12-16(15)20)8-10-18(22)21-11-3-5-14-4-1-2-6-17(14)21/h1-2,4,6-10,12H,3,5,11,20H2/b10-8+. The lowest BCUT2D eigenvalue weighted by Crippen LogP contribution is -2.34. The average Bonchev–Trinajstić information content (AvgIpc) is 2.55. The second-order valence-corrected chi connectivity index (χ2v) is 5.34. The summed E-state index contributed by atoms with van der Waals surface area (Å²) in [5, 5.41) is 0. The third kappa shape index (κ3) is 2.86. The molecule has 0 fully saturated rings. The van der Waals surface area contributed by atoms with E-state index >= 15 is 0 Å². The SMILES string of the molecule is Nc1cc(/C=C/C(=O)N2CCCc3ccccc32)ccc1F. The fourth-order valence-electron chi connectivity index (χ4n) is 2.69. The van der Waals surface area contributed by atoms with Gasteiger partial charge in [0.05, 0.1) is 5.69 Å². The number of amides is 1. The normalized spacial score (nSPS) is 14.1. The van der Waals surface area contributed by atoms with Crippen LogP contribution >= 0.6 is 0 Å². The van der Waals surface area contributed by atoms with Crippen LogP contribution in [0.2, 0.25) is 0 Å². The van der Waals surface area contributed by atoms with Gasteiger partial charge in [-0.3, -0.25) is 4.79 Å². The number of halogens is 1. The van der Waals surface area contributed by atoms with Gasteiger partial charge in [0.2, 0.25) is 0 Å². The number of anilines is 2. The van der Waals surface area contributed by atoms with E-state index < -0.39 is 5.82 Å². The molecule has 0 radical (unpaired) electrons. The van der Waals surface area contributed by atoms with Gasteiger partial charge >= 0.3 is 0 Å². The van der Waals surface area contributed by atoms with Crippen LogP contribution in [0.15, 0.2) is 48.5 Å². The minimum Gasteiger partial charge on any atom is -0.396 e. The molecule has 0 atom stereocenters. The third-order valence-corrected chi connectivity index (χ3v) is 3.81. The van der Waals surface area contributed by atoms with Crippen LogP contribution in [0.3, 0.4) is 0 Å². The van der Waals surface area contributed by atoms with E-state index in [1.54, 1.807) is 17.0 Å². The smallest absolute Gasteiger partial charge is 0.250 e. The molecule has 22 heavy (non-hydrogen) atoms. The molecule has 0 bridgehead atoms. The van der Waals surface area contributed by atoms with E-state index in [-0.39, 0.29) is 11.6 Å². The Morgan fingerprint density at radius 2 is 2.05 bits per heavy atom. The molecule has 3 nitrogen and oxygen atoms in total. The number of para-hydroxylation sites is 1. The molecule has 0 saturated heterocycles. The number of hydrogen-bond acceptors (Lipinski definition) is 2. The first-order chi connectivity index (χ1) is 10.6. The highest BCUT2D eigenvalue weighted by atomic mass is 19.1. The lowest BCUT2D eigenvalue weighted by atomic mass is 10.0. The Morgan fingerprint density at radius 3 is 2.86 bits per heavy atom. The van der Waals surface area contributed by atoms with Crippen molar-refractivity contribution in [3.05, 3.63) is 65.5 Å². The first-order valence-electron chi connectivity index (χ1n) is 7.27. The van der Waals surface area contributed by atoms with E-state index in [1.165, 1.54) is 23.8 Å². The van der Waals surface area contributed by atoms with E-state index in [1.807, 2.05) is 18.2 Å². The van der Waals surface area contributed by atoms with E-state index in [9.17, 15) is 9.18 Å². The van der Waals surface area contributed by atoms with Crippen molar-refractivity contribution in [3.8, 4) is 0 Å². The van der Waals surface area contributed by atoms with Crippen LogP contribution in [0.1, 0.15) is 17.5 Å². The number of nitrogen functional groups attached to an aromatic ring is 1. The van der Waals surface area contributed by atoms with Gasteiger partial charge in [0.25, 0.3) is 5.91 Å². The zero-order valence-electron chi connectivity index (χ0n) is 12.1. The van der Waals surface area contributed by atoms with Gasteiger partial charge in [-0.1, -0.05) is 24.3 Å². The van der Waals surface area contributed by atoms with Gasteiger partial charge in [-0.25, -0.2) is 4.39 Å². The summed E-state index contributed by atoms with van der Waals surface area (Å²) in [6, 6.07) is 12.4. The molecule has 3 rings (SSSR count). The predicted molar refractivity (Wildman–Crippen MR) is 87.0 cm³/mol. The van der Waals surface area contributed by atoms with Crippen molar-refractivity contribution >= 4 is 23.4 Å². The summed E-state index contributed by atoms with van der Waals surface area (Å²) >= 11 is 0. The molecule has 0 spiro atoms. The molecule has 0 saturated carbocycles. The predicted octanol–water partition coefficient (Wildman–Crippen LogP) is 3.40. The molecule has 0 aliphatic carbocycles. The minimum atomic E-state index is -0.451. The molecule has 1 aliphatic heterocycles. The summed E-state index contributed by atoms with van der Waals surface area (Å²) in [7, 11) is 0. The lowest BCUT2D eigenvalue weighted by molar-refractivity contribution is -0.114. The highest BCUT2D eigenvalue weighted by Crippen LogP contribution is 2.27. The Balaban J connectivity index is 1.80. The number of hydrogen-bond donors (Lipinski definition) is 1. The van der Waals surface area contributed by atoms with Crippen LogP contribution in [-0.4, -0.2) is 12.5 Å². The number of benzene rings is 2. The maximum atomic E-state index is 13.1. The maximum Gasteiger partial charge on any atom is 0.250 e.